The van der Waals surface area contributed by atoms with E-state index in [4.69, 9.17) is 4.74 Å². The summed E-state index contributed by atoms with van der Waals surface area (Å²) in [6.45, 7) is 0. The van der Waals surface area contributed by atoms with Crippen molar-refractivity contribution in [3.63, 3.8) is 0 Å². The molecule has 1 N–H and O–H groups in total. The van der Waals surface area contributed by atoms with Crippen LogP contribution in [0.3, 0.4) is 0 Å². The van der Waals surface area contributed by atoms with E-state index in [0.717, 1.165) is 41.1 Å². The number of ether oxygens (including phenoxy) is 1. The Morgan fingerprint density at radius 2 is 2.15 bits per heavy atom. The second-order valence-electron chi connectivity index (χ2n) is 6.35. The molecule has 6 nitrogen and oxygen atoms in total. The monoisotopic (exact) mass is 368 g/mol. The molecule has 0 bridgehead atoms. The smallest absolute Gasteiger partial charge is 0.271 e. The maximum absolute atomic E-state index is 12.7. The van der Waals surface area contributed by atoms with Crippen LogP contribution in [0.4, 0.5) is 0 Å². The van der Waals surface area contributed by atoms with Crippen LogP contribution in [0.15, 0.2) is 35.8 Å². The van der Waals surface area contributed by atoms with Gasteiger partial charge >= 0.3 is 0 Å². The predicted molar refractivity (Wildman–Crippen MR) is 100 cm³/mol. The van der Waals surface area contributed by atoms with E-state index in [2.05, 4.69) is 15.4 Å². The Morgan fingerprint density at radius 3 is 2.92 bits per heavy atom. The van der Waals surface area contributed by atoms with Gasteiger partial charge in [-0.15, -0.1) is 11.3 Å². The van der Waals surface area contributed by atoms with E-state index in [0.29, 0.717) is 5.69 Å². The van der Waals surface area contributed by atoms with E-state index in [-0.39, 0.29) is 11.9 Å². The van der Waals surface area contributed by atoms with Crippen LogP contribution in [0.25, 0.3) is 10.6 Å². The second-order valence-corrected chi connectivity index (χ2v) is 7.21. The summed E-state index contributed by atoms with van der Waals surface area (Å²) in [5.41, 5.74) is 3.76. The normalized spacial score (nSPS) is 16.2. The zero-order valence-electron chi connectivity index (χ0n) is 14.7. The van der Waals surface area contributed by atoms with Gasteiger partial charge in [-0.1, -0.05) is 0 Å². The van der Waals surface area contributed by atoms with Gasteiger partial charge in [0.2, 0.25) is 0 Å². The van der Waals surface area contributed by atoms with Gasteiger partial charge in [-0.25, -0.2) is 4.98 Å². The molecule has 2 heterocycles. The average Bonchev–Trinajstić information content (AvgIpc) is 3.30. The van der Waals surface area contributed by atoms with Gasteiger partial charge in [0.15, 0.2) is 0 Å². The number of amides is 1. The molecule has 0 spiro atoms. The number of benzene rings is 1. The number of carbonyl (C=O) groups excluding carboxylic acids is 1. The lowest BCUT2D eigenvalue weighted by Crippen LogP contribution is -2.31. The summed E-state index contributed by atoms with van der Waals surface area (Å²) >= 11 is 1.47. The molecule has 1 atom stereocenters. The molecule has 0 radical (unpaired) electrons. The highest BCUT2D eigenvalue weighted by Gasteiger charge is 2.25. The Balaban J connectivity index is 1.50. The standard InChI is InChI=1S/C19H20N4O2S/c1-23-17-5-3-4-15(14(17)10-20-23)21-18(24)16-11-26-19(22-16)12-6-8-13(25-2)9-7-12/h6-11,15H,3-5H2,1-2H3,(H,21,24)/t15-/m1/s1. The van der Waals surface area contributed by atoms with Crippen molar-refractivity contribution < 1.29 is 9.53 Å². The maximum Gasteiger partial charge on any atom is 0.271 e. The number of aromatic nitrogens is 3. The molecule has 3 aromatic rings. The van der Waals surface area contributed by atoms with Crippen LogP contribution in [-0.2, 0) is 13.5 Å². The number of carbonyl (C=O) groups is 1. The molecule has 0 unspecified atom stereocenters. The van der Waals surface area contributed by atoms with Crippen molar-refractivity contribution in [3.8, 4) is 16.3 Å². The summed E-state index contributed by atoms with van der Waals surface area (Å²) in [6, 6.07) is 7.68. The third-order valence-corrected chi connectivity index (χ3v) is 5.65. The van der Waals surface area contributed by atoms with Gasteiger partial charge in [0.05, 0.1) is 19.3 Å². The van der Waals surface area contributed by atoms with Crippen LogP contribution in [0, 0.1) is 0 Å². The number of nitrogens with one attached hydrogen (secondary N) is 1. The zero-order valence-corrected chi connectivity index (χ0v) is 15.5. The Labute approximate surface area is 155 Å². The van der Waals surface area contributed by atoms with E-state index >= 15 is 0 Å². The second kappa shape index (κ2) is 6.92. The molecule has 1 amide bonds. The number of rotatable bonds is 4. The average molecular weight is 368 g/mol. The first kappa shape index (κ1) is 16.8. The lowest BCUT2D eigenvalue weighted by atomic mass is 9.93. The van der Waals surface area contributed by atoms with Crippen molar-refractivity contribution in [3.05, 3.63) is 52.8 Å². The number of nitrogens with zero attached hydrogens (tertiary/aromatic N) is 3. The fourth-order valence-electron chi connectivity index (χ4n) is 3.33. The van der Waals surface area contributed by atoms with Crippen molar-refractivity contribution in [1.82, 2.24) is 20.1 Å². The van der Waals surface area contributed by atoms with Gasteiger partial charge in [-0.05, 0) is 43.5 Å². The van der Waals surface area contributed by atoms with Crippen molar-refractivity contribution in [2.24, 2.45) is 7.05 Å². The summed E-state index contributed by atoms with van der Waals surface area (Å²) in [5.74, 6) is 0.663. The van der Waals surface area contributed by atoms with Crippen molar-refractivity contribution >= 4 is 17.2 Å². The lowest BCUT2D eigenvalue weighted by molar-refractivity contribution is 0.0928. The lowest BCUT2D eigenvalue weighted by Gasteiger charge is -2.23. The number of fused-ring (bicyclic) bond motifs is 1. The van der Waals surface area contributed by atoms with Crippen LogP contribution in [0.2, 0.25) is 0 Å². The van der Waals surface area contributed by atoms with Crippen LogP contribution < -0.4 is 10.1 Å². The molecule has 7 heteroatoms. The highest BCUT2D eigenvalue weighted by molar-refractivity contribution is 7.13. The van der Waals surface area contributed by atoms with Crippen LogP contribution in [0.1, 0.15) is 40.6 Å². The summed E-state index contributed by atoms with van der Waals surface area (Å²) in [7, 11) is 3.59. The molecule has 0 aliphatic heterocycles. The van der Waals surface area contributed by atoms with Gasteiger partial charge in [-0.3, -0.25) is 9.48 Å². The summed E-state index contributed by atoms with van der Waals surface area (Å²) in [6.07, 6.45) is 4.85. The molecule has 4 rings (SSSR count). The van der Waals surface area contributed by atoms with E-state index in [1.165, 1.54) is 17.0 Å². The fourth-order valence-corrected chi connectivity index (χ4v) is 4.14. The third kappa shape index (κ3) is 3.10. The first-order chi connectivity index (χ1) is 12.7. The van der Waals surface area contributed by atoms with Crippen molar-refractivity contribution in [2.45, 2.75) is 25.3 Å². The van der Waals surface area contributed by atoms with Crippen LogP contribution in [0.5, 0.6) is 5.75 Å². The molecular formula is C19H20N4O2S. The SMILES string of the molecule is COc1ccc(-c2nc(C(=O)N[C@@H]3CCCc4c3cnn4C)cs2)cc1. The first-order valence-electron chi connectivity index (χ1n) is 8.57. The van der Waals surface area contributed by atoms with E-state index < -0.39 is 0 Å². The summed E-state index contributed by atoms with van der Waals surface area (Å²) in [5, 5.41) is 10.1. The van der Waals surface area contributed by atoms with Gasteiger partial charge in [-0.2, -0.15) is 5.10 Å². The van der Waals surface area contributed by atoms with Gasteiger partial charge in [0, 0.05) is 29.2 Å². The minimum absolute atomic E-state index is 0.00564. The molecular weight excluding hydrogens is 348 g/mol. The molecule has 134 valence electrons. The van der Waals surface area contributed by atoms with Gasteiger partial charge in [0.1, 0.15) is 16.5 Å². The zero-order chi connectivity index (χ0) is 18.1. The van der Waals surface area contributed by atoms with Crippen molar-refractivity contribution in [1.29, 1.82) is 0 Å². The number of hydrogen-bond acceptors (Lipinski definition) is 5. The number of aryl methyl sites for hydroxylation is 1. The number of thiazole rings is 1. The predicted octanol–water partition coefficient (Wildman–Crippen LogP) is 3.36. The number of hydrogen-bond donors (Lipinski definition) is 1. The third-order valence-electron chi connectivity index (χ3n) is 4.75. The molecule has 1 aliphatic rings. The quantitative estimate of drug-likeness (QED) is 0.767. The Kier molecular flexibility index (Phi) is 4.46. The highest BCUT2D eigenvalue weighted by atomic mass is 32.1. The Morgan fingerprint density at radius 1 is 1.35 bits per heavy atom. The Bertz CT molecular complexity index is 929. The van der Waals surface area contributed by atoms with E-state index in [9.17, 15) is 4.79 Å². The molecule has 2 aromatic heterocycles. The summed E-state index contributed by atoms with van der Waals surface area (Å²) < 4.78 is 7.08. The molecule has 1 aromatic carbocycles. The Hall–Kier alpha value is -2.67. The molecule has 0 saturated carbocycles. The molecule has 26 heavy (non-hydrogen) atoms. The van der Waals surface area contributed by atoms with Gasteiger partial charge < -0.3 is 10.1 Å². The number of methoxy groups -OCH3 is 1. The fraction of sp³-hybridized carbons (Fsp3) is 0.316. The molecule has 0 fully saturated rings. The minimum atomic E-state index is -0.136. The minimum Gasteiger partial charge on any atom is -0.497 e. The van der Waals surface area contributed by atoms with E-state index in [1.807, 2.05) is 47.6 Å². The van der Waals surface area contributed by atoms with Crippen LogP contribution >= 0.6 is 11.3 Å². The van der Waals surface area contributed by atoms with Gasteiger partial charge in [0.25, 0.3) is 5.91 Å². The molecule has 1 aliphatic carbocycles. The van der Waals surface area contributed by atoms with E-state index in [1.54, 1.807) is 7.11 Å². The topological polar surface area (TPSA) is 69.0 Å². The molecule has 0 saturated heterocycles. The maximum atomic E-state index is 12.7. The first-order valence-corrected chi connectivity index (χ1v) is 9.45. The van der Waals surface area contributed by atoms with Crippen LogP contribution in [-0.4, -0.2) is 27.8 Å². The highest BCUT2D eigenvalue weighted by Crippen LogP contribution is 2.30. The van der Waals surface area contributed by atoms with Crippen molar-refractivity contribution in [2.75, 3.05) is 7.11 Å². The summed E-state index contributed by atoms with van der Waals surface area (Å²) in [4.78, 5) is 17.2. The largest absolute Gasteiger partial charge is 0.497 e.